The number of rotatable bonds is 5. The van der Waals surface area contributed by atoms with Crippen molar-refractivity contribution in [2.45, 2.75) is 46.1 Å². The zero-order valence-electron chi connectivity index (χ0n) is 12.1. The Morgan fingerprint density at radius 3 is 2.47 bits per heavy atom. The molecular formula is C14H21NO3S. The van der Waals surface area contributed by atoms with Gasteiger partial charge >= 0.3 is 5.97 Å². The van der Waals surface area contributed by atoms with E-state index in [4.69, 9.17) is 5.11 Å². The molecule has 1 N–H and O–H groups in total. The Bertz CT molecular complexity index is 491. The molecule has 0 aromatic carbocycles. The molecule has 1 aromatic rings. The van der Waals surface area contributed by atoms with E-state index in [-0.39, 0.29) is 5.91 Å². The number of carboxylic acids is 1. The summed E-state index contributed by atoms with van der Waals surface area (Å²) in [7, 11) is 1.53. The van der Waals surface area contributed by atoms with Gasteiger partial charge in [0.05, 0.1) is 4.88 Å². The molecule has 0 atom stereocenters. The van der Waals surface area contributed by atoms with Gasteiger partial charge in [0.15, 0.2) is 0 Å². The summed E-state index contributed by atoms with van der Waals surface area (Å²) in [4.78, 5) is 26.5. The number of thiophene rings is 1. The monoisotopic (exact) mass is 283 g/mol. The fraction of sp³-hybridized carbons (Fsp3) is 0.571. The zero-order chi connectivity index (χ0) is 14.8. The number of carbonyl (C=O) groups is 2. The Balaban J connectivity index is 3.01. The van der Waals surface area contributed by atoms with Crippen LogP contribution in [0.15, 0.2) is 6.07 Å². The van der Waals surface area contributed by atoms with E-state index in [9.17, 15) is 9.59 Å². The molecule has 1 heterocycles. The van der Waals surface area contributed by atoms with Crippen LogP contribution in [0.3, 0.4) is 0 Å². The lowest BCUT2D eigenvalue weighted by atomic mass is 10.0. The first-order chi connectivity index (χ1) is 8.71. The second-order valence-electron chi connectivity index (χ2n) is 5.17. The first-order valence-electron chi connectivity index (χ1n) is 6.32. The van der Waals surface area contributed by atoms with Crippen LogP contribution in [0.25, 0.3) is 0 Å². The van der Waals surface area contributed by atoms with Crippen LogP contribution in [0.2, 0.25) is 0 Å². The van der Waals surface area contributed by atoms with Crippen molar-refractivity contribution in [3.8, 4) is 0 Å². The number of amides is 1. The topological polar surface area (TPSA) is 57.6 Å². The average molecular weight is 283 g/mol. The number of hydrogen-bond acceptors (Lipinski definition) is 3. The summed E-state index contributed by atoms with van der Waals surface area (Å²) in [5.74, 6) is -1.24. The number of aliphatic carboxylic acids is 1. The fourth-order valence-corrected chi connectivity index (χ4v) is 2.75. The minimum Gasteiger partial charge on any atom is -0.480 e. The molecule has 0 saturated heterocycles. The Kier molecular flexibility index (Phi) is 4.74. The van der Waals surface area contributed by atoms with Crippen LogP contribution in [0.5, 0.6) is 0 Å². The van der Waals surface area contributed by atoms with Crippen LogP contribution < -0.4 is 0 Å². The smallest absolute Gasteiger partial charge is 0.329 e. The number of nitrogens with zero attached hydrogens (tertiary/aromatic N) is 1. The van der Waals surface area contributed by atoms with Crippen molar-refractivity contribution in [1.82, 2.24) is 4.90 Å². The first kappa shape index (κ1) is 15.7. The molecule has 1 amide bonds. The van der Waals surface area contributed by atoms with E-state index < -0.39 is 11.5 Å². The third-order valence-electron chi connectivity index (χ3n) is 3.42. The second-order valence-corrected chi connectivity index (χ2v) is 6.43. The highest BCUT2D eigenvalue weighted by atomic mass is 32.1. The van der Waals surface area contributed by atoms with Gasteiger partial charge in [-0.3, -0.25) is 4.79 Å². The number of carboxylic acid groups (broad SMARTS) is 1. The highest BCUT2D eigenvalue weighted by Gasteiger charge is 2.36. The maximum Gasteiger partial charge on any atom is 0.329 e. The molecule has 5 heteroatoms. The standard InChI is InChI=1S/C14H21NO3S/c1-6-7-10-8-11(19-9(10)2)12(16)15(5)14(3,4)13(17)18/h8H,6-7H2,1-5H3,(H,17,18). The molecule has 1 rings (SSSR count). The van der Waals surface area contributed by atoms with Gasteiger partial charge in [-0.15, -0.1) is 11.3 Å². The van der Waals surface area contributed by atoms with E-state index in [0.717, 1.165) is 17.7 Å². The van der Waals surface area contributed by atoms with Crippen LogP contribution in [0.1, 0.15) is 47.3 Å². The van der Waals surface area contributed by atoms with Gasteiger partial charge < -0.3 is 10.0 Å². The lowest BCUT2D eigenvalue weighted by Gasteiger charge is -2.31. The molecule has 4 nitrogen and oxygen atoms in total. The molecule has 0 fully saturated rings. The van der Waals surface area contributed by atoms with Crippen molar-refractivity contribution in [2.24, 2.45) is 0 Å². The van der Waals surface area contributed by atoms with Crippen LogP contribution in [-0.2, 0) is 11.2 Å². The number of aryl methyl sites for hydroxylation is 2. The summed E-state index contributed by atoms with van der Waals surface area (Å²) in [6.45, 7) is 7.15. The van der Waals surface area contributed by atoms with Gasteiger partial charge in [-0.2, -0.15) is 0 Å². The minimum absolute atomic E-state index is 0.233. The summed E-state index contributed by atoms with van der Waals surface area (Å²) >= 11 is 1.43. The van der Waals surface area contributed by atoms with E-state index in [1.165, 1.54) is 42.7 Å². The van der Waals surface area contributed by atoms with E-state index >= 15 is 0 Å². The maximum absolute atomic E-state index is 12.3. The van der Waals surface area contributed by atoms with Crippen LogP contribution in [-0.4, -0.2) is 34.5 Å². The van der Waals surface area contributed by atoms with E-state index in [1.54, 1.807) is 0 Å². The summed E-state index contributed by atoms with van der Waals surface area (Å²) in [5.41, 5.74) is -0.0303. The Labute approximate surface area is 118 Å². The van der Waals surface area contributed by atoms with Gasteiger partial charge in [-0.25, -0.2) is 4.79 Å². The van der Waals surface area contributed by atoms with Crippen LogP contribution >= 0.6 is 11.3 Å². The molecule has 0 saturated carbocycles. The third kappa shape index (κ3) is 3.15. The van der Waals surface area contributed by atoms with Crippen LogP contribution in [0, 0.1) is 6.92 Å². The maximum atomic E-state index is 12.3. The van der Waals surface area contributed by atoms with Gasteiger partial charge in [-0.1, -0.05) is 13.3 Å². The summed E-state index contributed by atoms with van der Waals surface area (Å²) in [5, 5.41) is 9.16. The molecule has 0 radical (unpaired) electrons. The van der Waals surface area contributed by atoms with Crippen molar-refractivity contribution in [2.75, 3.05) is 7.05 Å². The summed E-state index contributed by atoms with van der Waals surface area (Å²) < 4.78 is 0. The van der Waals surface area contributed by atoms with Gasteiger partial charge in [0, 0.05) is 11.9 Å². The highest BCUT2D eigenvalue weighted by Crippen LogP contribution is 2.26. The van der Waals surface area contributed by atoms with Crippen molar-refractivity contribution in [3.05, 3.63) is 21.4 Å². The average Bonchev–Trinajstić information content (AvgIpc) is 2.69. The van der Waals surface area contributed by atoms with Crippen molar-refractivity contribution in [3.63, 3.8) is 0 Å². The Hall–Kier alpha value is -1.36. The molecule has 1 aromatic heterocycles. The molecule has 19 heavy (non-hydrogen) atoms. The normalized spacial score (nSPS) is 11.4. The first-order valence-corrected chi connectivity index (χ1v) is 7.14. The molecule has 0 spiro atoms. The zero-order valence-corrected chi connectivity index (χ0v) is 12.9. The Morgan fingerprint density at radius 2 is 2.00 bits per heavy atom. The number of carbonyl (C=O) groups excluding carboxylic acids is 1. The van der Waals surface area contributed by atoms with E-state index in [1.807, 2.05) is 13.0 Å². The minimum atomic E-state index is -1.21. The van der Waals surface area contributed by atoms with Gasteiger partial charge in [-0.05, 0) is 38.8 Å². The van der Waals surface area contributed by atoms with E-state index in [0.29, 0.717) is 4.88 Å². The second kappa shape index (κ2) is 5.74. The molecule has 0 bridgehead atoms. The molecule has 106 valence electrons. The van der Waals surface area contributed by atoms with Crippen molar-refractivity contribution < 1.29 is 14.7 Å². The van der Waals surface area contributed by atoms with Gasteiger partial charge in [0.25, 0.3) is 5.91 Å². The quantitative estimate of drug-likeness (QED) is 0.904. The van der Waals surface area contributed by atoms with Crippen LogP contribution in [0.4, 0.5) is 0 Å². The lowest BCUT2D eigenvalue weighted by Crippen LogP contribution is -2.50. The largest absolute Gasteiger partial charge is 0.480 e. The lowest BCUT2D eigenvalue weighted by molar-refractivity contribution is -0.147. The van der Waals surface area contributed by atoms with Crippen molar-refractivity contribution in [1.29, 1.82) is 0 Å². The molecule has 0 unspecified atom stereocenters. The summed E-state index contributed by atoms with van der Waals surface area (Å²) in [6.07, 6.45) is 1.98. The van der Waals surface area contributed by atoms with E-state index in [2.05, 4.69) is 6.92 Å². The summed E-state index contributed by atoms with van der Waals surface area (Å²) in [6, 6.07) is 1.89. The SMILES string of the molecule is CCCc1cc(C(=O)N(C)C(C)(C)C(=O)O)sc1C. The number of likely N-dealkylation sites (N-methyl/N-ethyl adjacent to an activating group) is 1. The Morgan fingerprint density at radius 1 is 1.42 bits per heavy atom. The van der Waals surface area contributed by atoms with Crippen molar-refractivity contribution >= 4 is 23.2 Å². The molecular weight excluding hydrogens is 262 g/mol. The predicted octanol–water partition coefficient (Wildman–Crippen LogP) is 2.94. The fourth-order valence-electron chi connectivity index (χ4n) is 1.71. The molecule has 0 aliphatic rings. The number of hydrogen-bond donors (Lipinski definition) is 1. The predicted molar refractivity (Wildman–Crippen MR) is 76.9 cm³/mol. The van der Waals surface area contributed by atoms with Gasteiger partial charge in [0.1, 0.15) is 5.54 Å². The molecule has 0 aliphatic carbocycles. The highest BCUT2D eigenvalue weighted by molar-refractivity contribution is 7.14. The van der Waals surface area contributed by atoms with Gasteiger partial charge in [0.2, 0.25) is 0 Å². The third-order valence-corrected chi connectivity index (χ3v) is 4.50. The molecule has 0 aliphatic heterocycles.